The van der Waals surface area contributed by atoms with Gasteiger partial charge in [0.25, 0.3) is 0 Å². The summed E-state index contributed by atoms with van der Waals surface area (Å²) in [4.78, 5) is 16.2. The number of aliphatic hydroxyl groups is 1. The maximum Gasteiger partial charge on any atom is 0.337 e. The Labute approximate surface area is 199 Å². The number of hydrogen-bond donors (Lipinski definition) is 1. The van der Waals surface area contributed by atoms with E-state index in [4.69, 9.17) is 14.2 Å². The Morgan fingerprint density at radius 1 is 1.21 bits per heavy atom. The number of methoxy groups -OCH3 is 1. The van der Waals surface area contributed by atoms with E-state index in [9.17, 15) is 14.3 Å². The van der Waals surface area contributed by atoms with E-state index in [2.05, 4.69) is 4.98 Å². The van der Waals surface area contributed by atoms with Gasteiger partial charge in [-0.05, 0) is 54.4 Å². The van der Waals surface area contributed by atoms with Crippen molar-refractivity contribution >= 4 is 27.5 Å². The highest BCUT2D eigenvalue weighted by molar-refractivity contribution is 7.18. The fourth-order valence-corrected chi connectivity index (χ4v) is 4.95. The van der Waals surface area contributed by atoms with Crippen LogP contribution in [0.15, 0.2) is 60.7 Å². The zero-order valence-electron chi connectivity index (χ0n) is 18.4. The number of nitrogens with zero attached hydrogens (tertiary/aromatic N) is 1. The molecule has 4 aromatic rings. The molecule has 2 heterocycles. The Morgan fingerprint density at radius 3 is 2.94 bits per heavy atom. The van der Waals surface area contributed by atoms with Crippen LogP contribution in [0.3, 0.4) is 0 Å². The van der Waals surface area contributed by atoms with Crippen molar-refractivity contribution in [3.63, 3.8) is 0 Å². The van der Waals surface area contributed by atoms with Gasteiger partial charge in [0.2, 0.25) is 0 Å². The van der Waals surface area contributed by atoms with E-state index in [1.165, 1.54) is 30.6 Å². The standard InChI is InChI=1S/C26H22FNO5S/c1-31-26(30)16-4-2-3-15(9-16)10-17-13-33-22-7-6-19(12-20(22)25(17)29)32-14-24-28-21-11-18(27)5-8-23(21)34-24/h2-9,11-12,17,25,29H,10,13-14H2,1H3. The van der Waals surface area contributed by atoms with Crippen molar-refractivity contribution in [1.29, 1.82) is 0 Å². The quantitative estimate of drug-likeness (QED) is 0.389. The van der Waals surface area contributed by atoms with Gasteiger partial charge in [0.05, 0.1) is 35.6 Å². The molecular formula is C26H22FNO5S. The number of aromatic nitrogens is 1. The lowest BCUT2D eigenvalue weighted by molar-refractivity contribution is 0.0504. The molecular weight excluding hydrogens is 457 g/mol. The fraction of sp³-hybridized carbons (Fsp3) is 0.231. The predicted octanol–water partition coefficient (Wildman–Crippen LogP) is 5.09. The molecule has 5 rings (SSSR count). The summed E-state index contributed by atoms with van der Waals surface area (Å²) in [6.45, 7) is 0.597. The van der Waals surface area contributed by atoms with Crippen LogP contribution in [-0.2, 0) is 17.8 Å². The van der Waals surface area contributed by atoms with Crippen LogP contribution in [0.2, 0.25) is 0 Å². The summed E-state index contributed by atoms with van der Waals surface area (Å²) in [5, 5.41) is 11.8. The average molecular weight is 480 g/mol. The van der Waals surface area contributed by atoms with Crippen LogP contribution < -0.4 is 9.47 Å². The van der Waals surface area contributed by atoms with E-state index in [1.807, 2.05) is 6.07 Å². The number of esters is 1. The summed E-state index contributed by atoms with van der Waals surface area (Å²) >= 11 is 1.45. The van der Waals surface area contributed by atoms with Crippen molar-refractivity contribution < 1.29 is 28.5 Å². The average Bonchev–Trinajstić information content (AvgIpc) is 3.26. The predicted molar refractivity (Wildman–Crippen MR) is 126 cm³/mol. The molecule has 0 fully saturated rings. The van der Waals surface area contributed by atoms with E-state index in [0.717, 1.165) is 15.3 Å². The number of carbonyl (C=O) groups is 1. The topological polar surface area (TPSA) is 77.9 Å². The summed E-state index contributed by atoms with van der Waals surface area (Å²) < 4.78 is 30.9. The molecule has 2 atom stereocenters. The van der Waals surface area contributed by atoms with Crippen molar-refractivity contribution in [3.8, 4) is 11.5 Å². The fourth-order valence-electron chi connectivity index (χ4n) is 4.09. The highest BCUT2D eigenvalue weighted by atomic mass is 32.1. The molecule has 2 unspecified atom stereocenters. The highest BCUT2D eigenvalue weighted by Gasteiger charge is 2.30. The molecule has 1 aliphatic heterocycles. The molecule has 3 aromatic carbocycles. The van der Waals surface area contributed by atoms with Gasteiger partial charge in [-0.15, -0.1) is 11.3 Å². The number of carbonyl (C=O) groups excluding carboxylic acids is 1. The third kappa shape index (κ3) is 4.60. The maximum atomic E-state index is 13.4. The second-order valence-corrected chi connectivity index (χ2v) is 9.24. The molecule has 174 valence electrons. The molecule has 0 spiro atoms. The number of fused-ring (bicyclic) bond motifs is 2. The van der Waals surface area contributed by atoms with E-state index < -0.39 is 12.1 Å². The first kappa shape index (κ1) is 22.3. The third-order valence-corrected chi connectivity index (χ3v) is 6.81. The molecule has 6 nitrogen and oxygen atoms in total. The van der Waals surface area contributed by atoms with Crippen molar-refractivity contribution in [2.24, 2.45) is 5.92 Å². The number of halogens is 1. The lowest BCUT2D eigenvalue weighted by atomic mass is 9.88. The molecule has 34 heavy (non-hydrogen) atoms. The number of thiazole rings is 1. The second-order valence-electron chi connectivity index (χ2n) is 8.12. The normalized spacial score (nSPS) is 17.1. The number of hydrogen-bond acceptors (Lipinski definition) is 7. The van der Waals surface area contributed by atoms with Crippen molar-refractivity contribution in [3.05, 3.63) is 88.2 Å². The minimum atomic E-state index is -0.750. The lowest BCUT2D eigenvalue weighted by Gasteiger charge is -2.30. The van der Waals surface area contributed by atoms with Gasteiger partial charge in [0, 0.05) is 17.5 Å². The van der Waals surface area contributed by atoms with Gasteiger partial charge in [0.15, 0.2) is 0 Å². The van der Waals surface area contributed by atoms with E-state index >= 15 is 0 Å². The highest BCUT2D eigenvalue weighted by Crippen LogP contribution is 2.39. The Balaban J connectivity index is 1.29. The first-order valence-electron chi connectivity index (χ1n) is 10.8. The van der Waals surface area contributed by atoms with Gasteiger partial charge < -0.3 is 19.3 Å². The number of benzene rings is 3. The molecule has 0 radical (unpaired) electrons. The second kappa shape index (κ2) is 9.40. The van der Waals surface area contributed by atoms with Gasteiger partial charge in [-0.3, -0.25) is 0 Å². The first-order valence-corrected chi connectivity index (χ1v) is 11.6. The summed E-state index contributed by atoms with van der Waals surface area (Å²) in [6.07, 6.45) is -0.210. The van der Waals surface area contributed by atoms with Gasteiger partial charge in [-0.2, -0.15) is 0 Å². The lowest BCUT2D eigenvalue weighted by Crippen LogP contribution is -2.27. The largest absolute Gasteiger partial charge is 0.493 e. The van der Waals surface area contributed by atoms with Crippen LogP contribution >= 0.6 is 11.3 Å². The number of rotatable bonds is 6. The van der Waals surface area contributed by atoms with Gasteiger partial charge >= 0.3 is 5.97 Å². The van der Waals surface area contributed by atoms with Gasteiger partial charge in [-0.1, -0.05) is 12.1 Å². The molecule has 1 aliphatic rings. The van der Waals surface area contributed by atoms with Crippen molar-refractivity contribution in [2.75, 3.05) is 13.7 Å². The molecule has 1 N–H and O–H groups in total. The Hall–Kier alpha value is -3.49. The first-order chi connectivity index (χ1) is 16.5. The maximum absolute atomic E-state index is 13.4. The van der Waals surface area contributed by atoms with Crippen LogP contribution in [0.25, 0.3) is 10.2 Å². The Kier molecular flexibility index (Phi) is 6.17. The van der Waals surface area contributed by atoms with Crippen LogP contribution in [0.5, 0.6) is 11.5 Å². The van der Waals surface area contributed by atoms with E-state index in [-0.39, 0.29) is 18.3 Å². The third-order valence-electron chi connectivity index (χ3n) is 5.80. The van der Waals surface area contributed by atoms with Crippen LogP contribution in [-0.4, -0.2) is 29.8 Å². The molecule has 0 saturated carbocycles. The smallest absolute Gasteiger partial charge is 0.337 e. The van der Waals surface area contributed by atoms with E-state index in [0.29, 0.717) is 41.2 Å². The van der Waals surface area contributed by atoms with Crippen LogP contribution in [0, 0.1) is 11.7 Å². The minimum Gasteiger partial charge on any atom is -0.493 e. The van der Waals surface area contributed by atoms with Gasteiger partial charge in [-0.25, -0.2) is 14.2 Å². The SMILES string of the molecule is COC(=O)c1cccc(CC2COc3ccc(OCc4nc5cc(F)ccc5s4)cc3C2O)c1. The monoisotopic (exact) mass is 479 g/mol. The van der Waals surface area contributed by atoms with Crippen molar-refractivity contribution in [2.45, 2.75) is 19.1 Å². The minimum absolute atomic E-state index is 0.185. The van der Waals surface area contributed by atoms with Gasteiger partial charge in [0.1, 0.15) is 28.9 Å². The molecule has 0 bridgehead atoms. The number of ether oxygens (including phenoxy) is 3. The summed E-state index contributed by atoms with van der Waals surface area (Å²) in [5.41, 5.74) is 2.65. The summed E-state index contributed by atoms with van der Waals surface area (Å²) in [7, 11) is 1.35. The zero-order chi connectivity index (χ0) is 23.7. The Morgan fingerprint density at radius 2 is 2.09 bits per heavy atom. The van der Waals surface area contributed by atoms with Crippen molar-refractivity contribution in [1.82, 2.24) is 4.98 Å². The summed E-state index contributed by atoms with van der Waals surface area (Å²) in [6, 6.07) is 17.1. The summed E-state index contributed by atoms with van der Waals surface area (Å²) in [5.74, 6) is 0.304. The molecule has 0 amide bonds. The number of aliphatic hydroxyl groups excluding tert-OH is 1. The Bertz CT molecular complexity index is 1350. The zero-order valence-corrected chi connectivity index (χ0v) is 19.2. The molecule has 0 saturated heterocycles. The molecule has 8 heteroatoms. The van der Waals surface area contributed by atoms with Crippen LogP contribution in [0.1, 0.15) is 32.6 Å². The van der Waals surface area contributed by atoms with Crippen LogP contribution in [0.4, 0.5) is 4.39 Å². The molecule has 1 aromatic heterocycles. The molecule has 0 aliphatic carbocycles. The van der Waals surface area contributed by atoms with E-state index in [1.54, 1.807) is 42.5 Å².